The fourth-order valence-corrected chi connectivity index (χ4v) is 7.42. The molecule has 14 heteroatoms. The van der Waals surface area contributed by atoms with Gasteiger partial charge in [0.05, 0.1) is 6.26 Å². The maximum atomic E-state index is 15.7. The van der Waals surface area contributed by atoms with E-state index in [1.54, 1.807) is 0 Å². The zero-order chi connectivity index (χ0) is 30.0. The molecule has 2 fully saturated rings. The molecule has 2 aliphatic heterocycles. The largest absolute Gasteiger partial charge is 0.430 e. The van der Waals surface area contributed by atoms with E-state index in [4.69, 9.17) is 0 Å². The molecule has 0 amide bonds. The molecule has 0 aromatic heterocycles. The fraction of sp³-hybridized carbons (Fsp3) is 0.538. The molecule has 222 valence electrons. The number of alkyl halides is 6. The van der Waals surface area contributed by atoms with E-state index in [1.165, 1.54) is 11.2 Å². The van der Waals surface area contributed by atoms with Gasteiger partial charge in [-0.05, 0) is 48.9 Å². The Morgan fingerprint density at radius 1 is 0.975 bits per heavy atom. The van der Waals surface area contributed by atoms with E-state index in [1.807, 2.05) is 4.90 Å². The topological polar surface area (TPSA) is 60.9 Å². The monoisotopic (exact) mass is 600 g/mol. The van der Waals surface area contributed by atoms with Gasteiger partial charge in [-0.15, -0.1) is 0 Å². The molecule has 4 rings (SSSR count). The van der Waals surface area contributed by atoms with Crippen molar-refractivity contribution in [3.63, 3.8) is 0 Å². The van der Waals surface area contributed by atoms with E-state index >= 15 is 8.78 Å². The Hall–Kier alpha value is -2.29. The van der Waals surface area contributed by atoms with Crippen LogP contribution in [0.15, 0.2) is 24.3 Å². The number of rotatable bonds is 6. The standard InChI is InChI=1S/C26H28F8N2O3S/c1-4-19-22(20-8-5-16(9-14(20)2)24(37,25(29,30)31)26(32,33)34)21(27)10-15(23(19)28)11-35-12-17-6-7-18(13-35)36(17)40(3,38)39/h5,8-10,17-18,37H,4,6-7,11-13H2,1-3H3. The van der Waals surface area contributed by atoms with Gasteiger partial charge >= 0.3 is 12.4 Å². The van der Waals surface area contributed by atoms with Crippen LogP contribution in [-0.2, 0) is 28.6 Å². The van der Waals surface area contributed by atoms with E-state index in [9.17, 15) is 39.9 Å². The first-order valence-electron chi connectivity index (χ1n) is 12.5. The normalized spacial score (nSPS) is 21.3. The average molecular weight is 601 g/mol. The minimum Gasteiger partial charge on any atom is -0.369 e. The third-order valence-electron chi connectivity index (χ3n) is 7.74. The average Bonchev–Trinajstić information content (AvgIpc) is 3.11. The highest BCUT2D eigenvalue weighted by atomic mass is 32.2. The molecule has 0 saturated carbocycles. The molecule has 2 aromatic carbocycles. The molecule has 2 bridgehead atoms. The van der Waals surface area contributed by atoms with Gasteiger partial charge in [0, 0.05) is 48.4 Å². The van der Waals surface area contributed by atoms with Gasteiger partial charge in [-0.1, -0.05) is 25.1 Å². The summed E-state index contributed by atoms with van der Waals surface area (Å²) in [5.74, 6) is -1.67. The second-order valence-electron chi connectivity index (χ2n) is 10.4. The summed E-state index contributed by atoms with van der Waals surface area (Å²) in [6.07, 6.45) is -9.77. The first-order valence-corrected chi connectivity index (χ1v) is 14.3. The molecule has 1 N–H and O–H groups in total. The quantitative estimate of drug-likeness (QED) is 0.450. The summed E-state index contributed by atoms with van der Waals surface area (Å²) in [4.78, 5) is 1.84. The van der Waals surface area contributed by atoms with Crippen LogP contribution in [-0.4, -0.2) is 66.5 Å². The lowest BCUT2D eigenvalue weighted by Gasteiger charge is -2.39. The Kier molecular flexibility index (Phi) is 7.83. The second kappa shape index (κ2) is 10.2. The lowest BCUT2D eigenvalue weighted by molar-refractivity contribution is -0.376. The van der Waals surface area contributed by atoms with Crippen LogP contribution in [0.25, 0.3) is 11.1 Å². The minimum absolute atomic E-state index is 0.00287. The van der Waals surface area contributed by atoms with Gasteiger partial charge in [0.25, 0.3) is 5.60 Å². The maximum Gasteiger partial charge on any atom is 0.430 e. The summed E-state index contributed by atoms with van der Waals surface area (Å²) in [6.45, 7) is 3.33. The maximum absolute atomic E-state index is 15.7. The van der Waals surface area contributed by atoms with E-state index in [-0.39, 0.29) is 52.9 Å². The summed E-state index contributed by atoms with van der Waals surface area (Å²) in [5.41, 5.74) is -7.38. The van der Waals surface area contributed by atoms with Crippen LogP contribution in [0.4, 0.5) is 35.1 Å². The molecule has 2 aromatic rings. The van der Waals surface area contributed by atoms with E-state index < -0.39 is 45.2 Å². The lowest BCUT2D eigenvalue weighted by atomic mass is 9.86. The van der Waals surface area contributed by atoms with Gasteiger partial charge in [0.15, 0.2) is 0 Å². The molecule has 2 heterocycles. The highest BCUT2D eigenvalue weighted by Crippen LogP contribution is 2.50. The summed E-state index contributed by atoms with van der Waals surface area (Å²) < 4.78 is 137. The van der Waals surface area contributed by atoms with Crippen molar-refractivity contribution in [1.82, 2.24) is 9.21 Å². The Bertz CT molecular complexity index is 1380. The van der Waals surface area contributed by atoms with Crippen molar-refractivity contribution in [2.24, 2.45) is 0 Å². The van der Waals surface area contributed by atoms with E-state index in [2.05, 4.69) is 0 Å². The van der Waals surface area contributed by atoms with Crippen molar-refractivity contribution in [2.45, 2.75) is 69.7 Å². The van der Waals surface area contributed by atoms with Crippen LogP contribution < -0.4 is 0 Å². The van der Waals surface area contributed by atoms with Crippen molar-refractivity contribution >= 4 is 10.0 Å². The zero-order valence-corrected chi connectivity index (χ0v) is 22.6. The summed E-state index contributed by atoms with van der Waals surface area (Å²) >= 11 is 0. The summed E-state index contributed by atoms with van der Waals surface area (Å²) in [7, 11) is -3.42. The summed E-state index contributed by atoms with van der Waals surface area (Å²) in [5, 5.41) is 9.71. The van der Waals surface area contributed by atoms with Crippen LogP contribution in [0, 0.1) is 18.6 Å². The Morgan fingerprint density at radius 2 is 1.52 bits per heavy atom. The predicted molar refractivity (Wildman–Crippen MR) is 131 cm³/mol. The Balaban J connectivity index is 1.69. The highest BCUT2D eigenvalue weighted by Gasteiger charge is 2.71. The number of hydrogen-bond donors (Lipinski definition) is 1. The Labute approximate surface area is 226 Å². The van der Waals surface area contributed by atoms with Crippen molar-refractivity contribution in [3.05, 3.63) is 58.2 Å². The third kappa shape index (κ3) is 5.12. The van der Waals surface area contributed by atoms with Gasteiger partial charge in [-0.2, -0.15) is 30.6 Å². The molecule has 2 atom stereocenters. The molecule has 0 aliphatic carbocycles. The number of likely N-dealkylation sites (tertiary alicyclic amines) is 1. The Morgan fingerprint density at radius 3 is 1.98 bits per heavy atom. The number of benzene rings is 2. The van der Waals surface area contributed by atoms with Crippen molar-refractivity contribution in [2.75, 3.05) is 19.3 Å². The van der Waals surface area contributed by atoms with E-state index in [0.717, 1.165) is 25.3 Å². The molecule has 0 radical (unpaired) electrons. The van der Waals surface area contributed by atoms with Gasteiger partial charge in [0.1, 0.15) is 11.6 Å². The second-order valence-corrected chi connectivity index (χ2v) is 12.3. The summed E-state index contributed by atoms with van der Waals surface area (Å²) in [6, 6.07) is 2.08. The number of nitrogens with zero attached hydrogens (tertiary/aromatic N) is 2. The number of aliphatic hydroxyl groups is 1. The molecule has 2 saturated heterocycles. The molecular weight excluding hydrogens is 572 g/mol. The van der Waals surface area contributed by atoms with Gasteiger partial charge in [0.2, 0.25) is 10.0 Å². The number of hydrogen-bond acceptors (Lipinski definition) is 4. The zero-order valence-electron chi connectivity index (χ0n) is 21.8. The SMILES string of the molecule is CCc1c(F)c(CN2CC3CCC(C2)N3S(C)(=O)=O)cc(F)c1-c1ccc(C(O)(C(F)(F)F)C(F)(F)F)cc1C. The number of aryl methyl sites for hydroxylation is 1. The predicted octanol–water partition coefficient (Wildman–Crippen LogP) is 5.42. The number of fused-ring (bicyclic) bond motifs is 2. The number of sulfonamides is 1. The lowest BCUT2D eigenvalue weighted by Crippen LogP contribution is -2.55. The van der Waals surface area contributed by atoms with Crippen molar-refractivity contribution < 1.29 is 48.6 Å². The first kappa shape index (κ1) is 30.7. The van der Waals surface area contributed by atoms with Crippen molar-refractivity contribution in [1.29, 1.82) is 0 Å². The minimum atomic E-state index is -6.08. The van der Waals surface area contributed by atoms with Crippen LogP contribution in [0.2, 0.25) is 0 Å². The van der Waals surface area contributed by atoms with Gasteiger partial charge in [-0.25, -0.2) is 17.2 Å². The van der Waals surface area contributed by atoms with Crippen LogP contribution in [0.1, 0.15) is 42.0 Å². The molecule has 5 nitrogen and oxygen atoms in total. The first-order chi connectivity index (χ1) is 18.3. The molecule has 2 unspecified atom stereocenters. The fourth-order valence-electron chi connectivity index (χ4n) is 5.99. The molecule has 0 spiro atoms. The molecule has 2 aliphatic rings. The van der Waals surface area contributed by atoms with Gasteiger partial charge < -0.3 is 5.11 Å². The highest BCUT2D eigenvalue weighted by molar-refractivity contribution is 7.88. The van der Waals surface area contributed by atoms with Crippen molar-refractivity contribution in [3.8, 4) is 11.1 Å². The molecular formula is C26H28F8N2O3S. The number of halogens is 8. The smallest absolute Gasteiger partial charge is 0.369 e. The van der Waals surface area contributed by atoms with Gasteiger partial charge in [-0.3, -0.25) is 4.90 Å². The van der Waals surface area contributed by atoms with Crippen LogP contribution in [0.3, 0.4) is 0 Å². The van der Waals surface area contributed by atoms with E-state index in [0.29, 0.717) is 38.1 Å². The van der Waals surface area contributed by atoms with Crippen LogP contribution >= 0.6 is 0 Å². The van der Waals surface area contributed by atoms with Crippen LogP contribution in [0.5, 0.6) is 0 Å². The third-order valence-corrected chi connectivity index (χ3v) is 9.11. The number of piperazine rings is 1. The molecule has 40 heavy (non-hydrogen) atoms.